The monoisotopic (exact) mass is 166 g/mol. The van der Waals surface area contributed by atoms with E-state index in [4.69, 9.17) is 0 Å². The highest BCUT2D eigenvalue weighted by Gasteiger charge is 2.25. The van der Waals surface area contributed by atoms with Crippen molar-refractivity contribution in [1.82, 2.24) is 0 Å². The number of carbonyl (C=O) groups excluding carboxylic acids is 2. The van der Waals surface area contributed by atoms with Gasteiger partial charge in [-0.1, -0.05) is 0 Å². The Labute approximate surface area is 62.3 Å². The first-order chi connectivity index (χ1) is 5.13. The molecule has 0 aromatic rings. The van der Waals surface area contributed by atoms with Crippen LogP contribution in [-0.2, 0) is 14.3 Å². The molecule has 0 fully saturated rings. The van der Waals surface area contributed by atoms with Crippen LogP contribution in [0, 0.1) is 0 Å². The molecule has 0 aliphatic carbocycles. The number of alkyl halides is 2. The minimum Gasteiger partial charge on any atom is -0.467 e. The van der Waals surface area contributed by atoms with Crippen LogP contribution in [0.3, 0.4) is 0 Å². The summed E-state index contributed by atoms with van der Waals surface area (Å²) in [6.45, 7) is -0.962. The number of methoxy groups -OCH3 is 1. The number of ketones is 1. The lowest BCUT2D eigenvalue weighted by Crippen LogP contribution is -2.26. The van der Waals surface area contributed by atoms with Gasteiger partial charge in [-0.2, -0.15) is 0 Å². The molecule has 64 valence electrons. The molecule has 3 nitrogen and oxygen atoms in total. The van der Waals surface area contributed by atoms with Crippen molar-refractivity contribution in [3.05, 3.63) is 0 Å². The molecular formula is C6H8F2O3. The summed E-state index contributed by atoms with van der Waals surface area (Å²) in [5, 5.41) is 0. The third kappa shape index (κ3) is 3.06. The maximum atomic E-state index is 12.4. The van der Waals surface area contributed by atoms with Crippen LogP contribution in [0.5, 0.6) is 0 Å². The first-order valence-electron chi connectivity index (χ1n) is 2.94. The predicted molar refractivity (Wildman–Crippen MR) is 32.5 cm³/mol. The summed E-state index contributed by atoms with van der Waals surface area (Å²) >= 11 is 0. The van der Waals surface area contributed by atoms with E-state index in [9.17, 15) is 18.4 Å². The molecule has 0 aliphatic heterocycles. The topological polar surface area (TPSA) is 43.4 Å². The third-order valence-corrected chi connectivity index (χ3v) is 1.03. The van der Waals surface area contributed by atoms with Crippen LogP contribution in [0.4, 0.5) is 8.78 Å². The van der Waals surface area contributed by atoms with Crippen LogP contribution < -0.4 is 0 Å². The van der Waals surface area contributed by atoms with Crippen molar-refractivity contribution in [2.24, 2.45) is 0 Å². The summed E-state index contributed by atoms with van der Waals surface area (Å²) < 4.78 is 27.7. The molecule has 1 atom stereocenters. The lowest BCUT2D eigenvalue weighted by Gasteiger charge is -2.01. The van der Waals surface area contributed by atoms with Crippen molar-refractivity contribution < 1.29 is 23.1 Å². The largest absolute Gasteiger partial charge is 0.467 e. The molecule has 0 bridgehead atoms. The molecule has 0 amide bonds. The smallest absolute Gasteiger partial charge is 0.348 e. The average Bonchev–Trinajstić information content (AvgIpc) is 2.02. The van der Waals surface area contributed by atoms with E-state index in [0.29, 0.717) is 0 Å². The van der Waals surface area contributed by atoms with E-state index in [2.05, 4.69) is 4.74 Å². The highest BCUT2D eigenvalue weighted by atomic mass is 19.1. The lowest BCUT2D eigenvalue weighted by atomic mass is 10.2. The fraction of sp³-hybridized carbons (Fsp3) is 0.667. The Bertz CT molecular complexity index is 158. The molecule has 0 spiro atoms. The maximum Gasteiger partial charge on any atom is 0.348 e. The van der Waals surface area contributed by atoms with Gasteiger partial charge in [-0.05, 0) is 0 Å². The molecule has 0 saturated heterocycles. The van der Waals surface area contributed by atoms with E-state index in [1.54, 1.807) is 0 Å². The minimum absolute atomic E-state index is 0.587. The van der Waals surface area contributed by atoms with Crippen molar-refractivity contribution in [3.63, 3.8) is 0 Å². The Hall–Kier alpha value is -1.00. The van der Waals surface area contributed by atoms with Crippen molar-refractivity contribution in [1.29, 1.82) is 0 Å². The second-order valence-corrected chi connectivity index (χ2v) is 1.79. The molecule has 0 rings (SSSR count). The van der Waals surface area contributed by atoms with E-state index in [1.807, 2.05) is 0 Å². The fourth-order valence-electron chi connectivity index (χ4n) is 0.455. The number of halogens is 2. The molecular weight excluding hydrogens is 158 g/mol. The zero-order valence-electron chi connectivity index (χ0n) is 5.97. The number of esters is 1. The summed E-state index contributed by atoms with van der Waals surface area (Å²) in [5.41, 5.74) is 0. The Morgan fingerprint density at radius 2 is 2.09 bits per heavy atom. The standard InChI is InChI=1S/C6H8F2O3/c1-11-6(10)5(8)4(9)2-3-7/h5H,2-3H2,1H3. The molecule has 1 unspecified atom stereocenters. The molecule has 0 aromatic heterocycles. The van der Waals surface area contributed by atoms with E-state index in [0.717, 1.165) is 7.11 Å². The number of ether oxygens (including phenoxy) is 1. The summed E-state index contributed by atoms with van der Waals surface area (Å²) in [5.74, 6) is -2.36. The number of Topliss-reactive ketones (excluding diaryl/α,β-unsaturated/α-hetero) is 1. The summed E-state index contributed by atoms with van der Waals surface area (Å²) in [7, 11) is 0.956. The molecule has 0 radical (unpaired) electrons. The number of hydrogen-bond acceptors (Lipinski definition) is 3. The molecule has 0 N–H and O–H groups in total. The normalized spacial score (nSPS) is 12.3. The van der Waals surface area contributed by atoms with Gasteiger partial charge in [0.05, 0.1) is 13.8 Å². The van der Waals surface area contributed by atoms with Gasteiger partial charge in [0.15, 0.2) is 5.78 Å². The number of carbonyl (C=O) groups is 2. The summed E-state index contributed by atoms with van der Waals surface area (Å²) in [6.07, 6.45) is -2.92. The zero-order chi connectivity index (χ0) is 8.85. The van der Waals surface area contributed by atoms with Gasteiger partial charge in [-0.3, -0.25) is 9.18 Å². The van der Waals surface area contributed by atoms with E-state index < -0.39 is 31.0 Å². The number of rotatable bonds is 4. The maximum absolute atomic E-state index is 12.4. The highest BCUT2D eigenvalue weighted by molar-refractivity contribution is 6.01. The summed E-state index contributed by atoms with van der Waals surface area (Å²) in [6, 6.07) is 0. The van der Waals surface area contributed by atoms with Crippen molar-refractivity contribution in [2.45, 2.75) is 12.6 Å². The number of hydrogen-bond donors (Lipinski definition) is 0. The highest BCUT2D eigenvalue weighted by Crippen LogP contribution is 1.99. The van der Waals surface area contributed by atoms with E-state index in [-0.39, 0.29) is 0 Å². The molecule has 0 heterocycles. The third-order valence-electron chi connectivity index (χ3n) is 1.03. The van der Waals surface area contributed by atoms with Gasteiger partial charge in [0.25, 0.3) is 6.17 Å². The van der Waals surface area contributed by atoms with Crippen molar-refractivity contribution in [3.8, 4) is 0 Å². The van der Waals surface area contributed by atoms with Crippen LogP contribution in [0.15, 0.2) is 0 Å². The Balaban J connectivity index is 3.91. The average molecular weight is 166 g/mol. The molecule has 0 saturated carbocycles. The fourth-order valence-corrected chi connectivity index (χ4v) is 0.455. The first-order valence-corrected chi connectivity index (χ1v) is 2.94. The van der Waals surface area contributed by atoms with Gasteiger partial charge in [-0.25, -0.2) is 9.18 Å². The van der Waals surface area contributed by atoms with Crippen LogP contribution >= 0.6 is 0 Å². The van der Waals surface area contributed by atoms with Gasteiger partial charge in [0, 0.05) is 6.42 Å². The second-order valence-electron chi connectivity index (χ2n) is 1.79. The molecule has 5 heteroatoms. The van der Waals surface area contributed by atoms with Crippen LogP contribution in [0.1, 0.15) is 6.42 Å². The van der Waals surface area contributed by atoms with Gasteiger partial charge >= 0.3 is 5.97 Å². The Morgan fingerprint density at radius 1 is 1.55 bits per heavy atom. The van der Waals surface area contributed by atoms with E-state index in [1.165, 1.54) is 0 Å². The van der Waals surface area contributed by atoms with Crippen LogP contribution in [0.2, 0.25) is 0 Å². The Kier molecular flexibility index (Phi) is 4.33. The van der Waals surface area contributed by atoms with E-state index >= 15 is 0 Å². The van der Waals surface area contributed by atoms with Gasteiger partial charge in [0.1, 0.15) is 0 Å². The van der Waals surface area contributed by atoms with Gasteiger partial charge in [-0.15, -0.1) is 0 Å². The second kappa shape index (κ2) is 4.76. The SMILES string of the molecule is COC(=O)C(F)C(=O)CCF. The minimum atomic E-state index is -2.34. The van der Waals surface area contributed by atoms with Crippen molar-refractivity contribution in [2.75, 3.05) is 13.8 Å². The Morgan fingerprint density at radius 3 is 2.45 bits per heavy atom. The quantitative estimate of drug-likeness (QED) is 0.449. The van der Waals surface area contributed by atoms with Crippen molar-refractivity contribution >= 4 is 11.8 Å². The predicted octanol–water partition coefficient (Wildman–Crippen LogP) is 0.426. The summed E-state index contributed by atoms with van der Waals surface area (Å²) in [4.78, 5) is 20.7. The van der Waals surface area contributed by atoms with Crippen LogP contribution in [-0.4, -0.2) is 31.7 Å². The molecule has 0 aliphatic rings. The molecule has 0 aromatic carbocycles. The zero-order valence-corrected chi connectivity index (χ0v) is 5.97. The van der Waals surface area contributed by atoms with Gasteiger partial charge in [0.2, 0.25) is 0 Å². The first kappa shape index (κ1) is 10.0. The van der Waals surface area contributed by atoms with Crippen LogP contribution in [0.25, 0.3) is 0 Å². The van der Waals surface area contributed by atoms with Gasteiger partial charge < -0.3 is 4.74 Å². The lowest BCUT2D eigenvalue weighted by molar-refractivity contribution is -0.150. The molecule has 11 heavy (non-hydrogen) atoms.